The largest absolute Gasteiger partial charge is 0.475 e. The number of hydrogen-bond donors (Lipinski definition) is 2. The molecule has 4 rings (SSSR count). The fraction of sp³-hybridized carbons (Fsp3) is 0.562. The van der Waals surface area contributed by atoms with Crippen molar-refractivity contribution >= 4 is 29.1 Å². The lowest BCUT2D eigenvalue weighted by Crippen LogP contribution is -2.23. The van der Waals surface area contributed by atoms with Crippen molar-refractivity contribution in [2.45, 2.75) is 32.2 Å². The van der Waals surface area contributed by atoms with E-state index in [-0.39, 0.29) is 6.04 Å². The normalized spacial score (nSPS) is 20.5. The first kappa shape index (κ1) is 16.4. The lowest BCUT2D eigenvalue weighted by molar-refractivity contribution is 0.0537. The minimum Gasteiger partial charge on any atom is -0.475 e. The second-order valence-electron chi connectivity index (χ2n) is 6.23. The summed E-state index contributed by atoms with van der Waals surface area (Å²) >= 11 is 6.15. The van der Waals surface area contributed by atoms with Crippen molar-refractivity contribution in [2.75, 3.05) is 37.0 Å². The molecule has 4 heterocycles. The maximum Gasteiger partial charge on any atom is 0.257 e. The molecular formula is C16H21ClN6O2. The van der Waals surface area contributed by atoms with E-state index in [0.29, 0.717) is 42.4 Å². The van der Waals surface area contributed by atoms with Gasteiger partial charge in [-0.1, -0.05) is 11.6 Å². The average Bonchev–Trinajstić information content (AvgIpc) is 2.92. The summed E-state index contributed by atoms with van der Waals surface area (Å²) in [6, 6.07) is 0.225. The van der Waals surface area contributed by atoms with Crippen molar-refractivity contribution in [1.82, 2.24) is 19.7 Å². The Morgan fingerprint density at radius 3 is 3.08 bits per heavy atom. The Morgan fingerprint density at radius 2 is 2.24 bits per heavy atom. The maximum absolute atomic E-state index is 6.15. The van der Waals surface area contributed by atoms with Crippen LogP contribution in [0.5, 0.6) is 5.88 Å². The van der Waals surface area contributed by atoms with Gasteiger partial charge in [0.2, 0.25) is 5.95 Å². The predicted octanol–water partition coefficient (Wildman–Crippen LogP) is 2.92. The smallest absolute Gasteiger partial charge is 0.257 e. The monoisotopic (exact) mass is 364 g/mol. The van der Waals surface area contributed by atoms with E-state index in [1.807, 2.05) is 11.6 Å². The minimum atomic E-state index is 0.225. The Bertz CT molecular complexity index is 759. The molecular weight excluding hydrogens is 344 g/mol. The van der Waals surface area contributed by atoms with Crippen LogP contribution in [0.4, 0.5) is 17.5 Å². The number of anilines is 3. The summed E-state index contributed by atoms with van der Waals surface area (Å²) in [5, 5.41) is 11.6. The summed E-state index contributed by atoms with van der Waals surface area (Å²) < 4.78 is 13.5. The molecule has 1 fully saturated rings. The molecule has 2 N–H and O–H groups in total. The quantitative estimate of drug-likeness (QED) is 0.804. The summed E-state index contributed by atoms with van der Waals surface area (Å²) in [7, 11) is 0. The lowest BCUT2D eigenvalue weighted by Gasteiger charge is -2.23. The Kier molecular flexibility index (Phi) is 4.63. The van der Waals surface area contributed by atoms with E-state index in [1.165, 1.54) is 0 Å². The molecule has 2 aliphatic heterocycles. The zero-order valence-electron chi connectivity index (χ0n) is 14.1. The van der Waals surface area contributed by atoms with Crippen LogP contribution in [0.3, 0.4) is 0 Å². The molecule has 1 saturated heterocycles. The molecule has 0 radical (unpaired) electrons. The zero-order chi connectivity index (χ0) is 17.2. The Morgan fingerprint density at radius 1 is 1.32 bits per heavy atom. The topological polar surface area (TPSA) is 86.1 Å². The number of nitrogens with one attached hydrogen (secondary N) is 2. The van der Waals surface area contributed by atoms with Crippen LogP contribution >= 0.6 is 11.6 Å². The zero-order valence-corrected chi connectivity index (χ0v) is 14.8. The van der Waals surface area contributed by atoms with Crippen LogP contribution in [0.1, 0.15) is 31.0 Å². The first-order chi connectivity index (χ1) is 12.2. The minimum absolute atomic E-state index is 0.225. The van der Waals surface area contributed by atoms with Crippen LogP contribution in [-0.2, 0) is 4.74 Å². The summed E-state index contributed by atoms with van der Waals surface area (Å²) in [4.78, 5) is 8.72. The van der Waals surface area contributed by atoms with Crippen molar-refractivity contribution in [3.8, 4) is 5.88 Å². The maximum atomic E-state index is 6.15. The van der Waals surface area contributed by atoms with Crippen LogP contribution in [0, 0.1) is 6.92 Å². The molecule has 0 spiro atoms. The fourth-order valence-electron chi connectivity index (χ4n) is 3.12. The van der Waals surface area contributed by atoms with Gasteiger partial charge in [0.1, 0.15) is 10.7 Å². The van der Waals surface area contributed by atoms with E-state index in [2.05, 4.69) is 25.7 Å². The van der Waals surface area contributed by atoms with Gasteiger partial charge in [-0.05, 0) is 26.2 Å². The molecule has 2 aromatic heterocycles. The first-order valence-corrected chi connectivity index (χ1v) is 8.93. The third-order valence-electron chi connectivity index (χ3n) is 4.43. The van der Waals surface area contributed by atoms with E-state index in [0.717, 1.165) is 37.3 Å². The highest BCUT2D eigenvalue weighted by Crippen LogP contribution is 2.34. The number of nitrogens with zero attached hydrogens (tertiary/aromatic N) is 4. The second kappa shape index (κ2) is 7.05. The highest BCUT2D eigenvalue weighted by atomic mass is 35.5. The Labute approximate surface area is 150 Å². The highest BCUT2D eigenvalue weighted by Gasteiger charge is 2.24. The number of aromatic nitrogens is 4. The van der Waals surface area contributed by atoms with Gasteiger partial charge in [0.15, 0.2) is 5.82 Å². The molecule has 0 aromatic carbocycles. The molecule has 25 heavy (non-hydrogen) atoms. The number of halogens is 1. The van der Waals surface area contributed by atoms with Gasteiger partial charge in [0.05, 0.1) is 31.1 Å². The van der Waals surface area contributed by atoms with E-state index in [9.17, 15) is 0 Å². The van der Waals surface area contributed by atoms with Gasteiger partial charge in [-0.15, -0.1) is 5.10 Å². The van der Waals surface area contributed by atoms with Crippen LogP contribution in [0.2, 0.25) is 5.02 Å². The van der Waals surface area contributed by atoms with Gasteiger partial charge in [-0.3, -0.25) is 4.68 Å². The lowest BCUT2D eigenvalue weighted by atomic mass is 10.1. The molecule has 2 bridgehead atoms. The molecule has 8 nitrogen and oxygen atoms in total. The third-order valence-corrected chi connectivity index (χ3v) is 4.71. The van der Waals surface area contributed by atoms with E-state index < -0.39 is 0 Å². The molecule has 1 atom stereocenters. The summed E-state index contributed by atoms with van der Waals surface area (Å²) in [5.74, 6) is 1.65. The number of fused-ring (bicyclic) bond motifs is 3. The summed E-state index contributed by atoms with van der Waals surface area (Å²) in [6.07, 6.45) is 4.49. The van der Waals surface area contributed by atoms with Gasteiger partial charge in [-0.25, -0.2) is 4.98 Å². The summed E-state index contributed by atoms with van der Waals surface area (Å²) in [6.45, 7) is 4.78. The molecule has 2 aromatic rings. The molecule has 1 unspecified atom stereocenters. The summed E-state index contributed by atoms with van der Waals surface area (Å²) in [5.41, 5.74) is 1.78. The predicted molar refractivity (Wildman–Crippen MR) is 95.0 cm³/mol. The average molecular weight is 365 g/mol. The van der Waals surface area contributed by atoms with Gasteiger partial charge >= 0.3 is 0 Å². The second-order valence-corrected chi connectivity index (χ2v) is 6.63. The van der Waals surface area contributed by atoms with Gasteiger partial charge in [0.25, 0.3) is 5.88 Å². The Hall–Kier alpha value is -2.06. The van der Waals surface area contributed by atoms with E-state index in [4.69, 9.17) is 21.1 Å². The van der Waals surface area contributed by atoms with Gasteiger partial charge in [0, 0.05) is 13.2 Å². The number of ether oxygens (including phenoxy) is 2. The first-order valence-electron chi connectivity index (χ1n) is 8.55. The van der Waals surface area contributed by atoms with Crippen molar-refractivity contribution < 1.29 is 9.47 Å². The van der Waals surface area contributed by atoms with E-state index >= 15 is 0 Å². The van der Waals surface area contributed by atoms with Crippen LogP contribution in [-0.4, -0.2) is 46.1 Å². The Balaban J connectivity index is 1.71. The number of hydrogen-bond acceptors (Lipinski definition) is 7. The van der Waals surface area contributed by atoms with Crippen molar-refractivity contribution in [1.29, 1.82) is 0 Å². The van der Waals surface area contributed by atoms with Crippen LogP contribution < -0.4 is 15.4 Å². The number of rotatable bonds is 1. The van der Waals surface area contributed by atoms with Gasteiger partial charge < -0.3 is 20.1 Å². The van der Waals surface area contributed by atoms with Crippen molar-refractivity contribution in [2.24, 2.45) is 0 Å². The van der Waals surface area contributed by atoms with E-state index in [1.54, 1.807) is 6.20 Å². The van der Waals surface area contributed by atoms with Crippen LogP contribution in [0.15, 0.2) is 6.20 Å². The SMILES string of the molecule is Cc1c2c(nn1C1CCCOC1)OCCCNc1nc(ncc1Cl)N2. The van der Waals surface area contributed by atoms with Gasteiger partial charge in [-0.2, -0.15) is 4.98 Å². The molecule has 2 aliphatic rings. The molecule has 0 aliphatic carbocycles. The molecule has 0 amide bonds. The van der Waals surface area contributed by atoms with Crippen molar-refractivity contribution in [3.63, 3.8) is 0 Å². The fourth-order valence-corrected chi connectivity index (χ4v) is 3.28. The molecule has 0 saturated carbocycles. The standard InChI is InChI=1S/C16H21ClN6O2/c1-10-13-15(22-23(10)11-4-2-6-24-9-11)25-7-3-5-18-14-12(17)8-19-16(20-13)21-14/h8,11H,2-7,9H2,1H3,(H2,18,19,20,21). The molecule has 134 valence electrons. The van der Waals surface area contributed by atoms with Crippen molar-refractivity contribution in [3.05, 3.63) is 16.9 Å². The highest BCUT2D eigenvalue weighted by molar-refractivity contribution is 6.32. The van der Waals surface area contributed by atoms with Crippen LogP contribution in [0.25, 0.3) is 0 Å². The molecule has 9 heteroatoms. The third kappa shape index (κ3) is 3.36.